The fourth-order valence-electron chi connectivity index (χ4n) is 0.175. The molecule has 0 fully saturated rings. The third kappa shape index (κ3) is 11.4. The molecule has 0 spiro atoms. The SMILES string of the molecule is C=CC(=O)O.CCC(O)C(=O)O. The summed E-state index contributed by atoms with van der Waals surface area (Å²) < 4.78 is 0. The lowest BCUT2D eigenvalue weighted by atomic mass is 10.3. The van der Waals surface area contributed by atoms with Gasteiger partial charge in [0.15, 0.2) is 6.10 Å². The van der Waals surface area contributed by atoms with Crippen molar-refractivity contribution >= 4 is 11.9 Å². The van der Waals surface area contributed by atoms with Crippen molar-refractivity contribution in [1.82, 2.24) is 0 Å². The largest absolute Gasteiger partial charge is 0.479 e. The van der Waals surface area contributed by atoms with Gasteiger partial charge in [0.25, 0.3) is 0 Å². The van der Waals surface area contributed by atoms with Gasteiger partial charge in [-0.1, -0.05) is 13.5 Å². The Morgan fingerprint density at radius 3 is 1.83 bits per heavy atom. The molecule has 5 nitrogen and oxygen atoms in total. The molecule has 0 amide bonds. The number of aliphatic carboxylic acids is 2. The second-order valence-corrected chi connectivity index (χ2v) is 1.80. The molecule has 0 aromatic rings. The summed E-state index contributed by atoms with van der Waals surface area (Å²) in [6, 6.07) is 0. The van der Waals surface area contributed by atoms with Crippen LogP contribution in [0.1, 0.15) is 13.3 Å². The Hall–Kier alpha value is -1.36. The summed E-state index contributed by atoms with van der Waals surface area (Å²) in [4.78, 5) is 18.9. The number of carboxylic acids is 2. The Morgan fingerprint density at radius 1 is 1.50 bits per heavy atom. The highest BCUT2D eigenvalue weighted by Crippen LogP contribution is 1.86. The fourth-order valence-corrected chi connectivity index (χ4v) is 0.175. The van der Waals surface area contributed by atoms with E-state index in [-0.39, 0.29) is 6.42 Å². The standard InChI is InChI=1S/C4H8O3.C3H4O2/c1-2-3(5)4(6)7;1-2-3(4)5/h3,5H,2H2,1H3,(H,6,7);2H,1H2,(H,4,5). The number of carboxylic acid groups (broad SMARTS) is 2. The van der Waals surface area contributed by atoms with Crippen molar-refractivity contribution in [3.8, 4) is 0 Å². The molecule has 0 aromatic carbocycles. The number of rotatable bonds is 3. The van der Waals surface area contributed by atoms with Crippen molar-refractivity contribution < 1.29 is 24.9 Å². The molecule has 0 saturated carbocycles. The minimum absolute atomic E-state index is 0.273. The number of carbonyl (C=O) groups is 2. The minimum atomic E-state index is -1.18. The van der Waals surface area contributed by atoms with Crippen molar-refractivity contribution in [3.63, 3.8) is 0 Å². The quantitative estimate of drug-likeness (QED) is 0.530. The van der Waals surface area contributed by atoms with Gasteiger partial charge in [-0.15, -0.1) is 0 Å². The molecule has 0 aliphatic carbocycles. The predicted octanol–water partition coefficient (Wildman–Crippen LogP) is 0.0989. The van der Waals surface area contributed by atoms with Gasteiger partial charge >= 0.3 is 11.9 Å². The van der Waals surface area contributed by atoms with Gasteiger partial charge in [0.2, 0.25) is 0 Å². The van der Waals surface area contributed by atoms with Gasteiger partial charge in [-0.25, -0.2) is 9.59 Å². The van der Waals surface area contributed by atoms with E-state index in [1.807, 2.05) is 0 Å². The maximum absolute atomic E-state index is 9.68. The van der Waals surface area contributed by atoms with Crippen LogP contribution in [-0.2, 0) is 9.59 Å². The van der Waals surface area contributed by atoms with E-state index in [0.717, 1.165) is 6.08 Å². The van der Waals surface area contributed by atoms with Gasteiger partial charge in [0.05, 0.1) is 0 Å². The Kier molecular flexibility index (Phi) is 8.55. The first-order valence-electron chi connectivity index (χ1n) is 3.21. The number of aliphatic hydroxyl groups excluding tert-OH is 1. The first kappa shape index (κ1) is 13.2. The van der Waals surface area contributed by atoms with Gasteiger partial charge in [0.1, 0.15) is 0 Å². The topological polar surface area (TPSA) is 94.8 Å². The minimum Gasteiger partial charge on any atom is -0.479 e. The smallest absolute Gasteiger partial charge is 0.332 e. The number of hydrogen-bond donors (Lipinski definition) is 3. The van der Waals surface area contributed by atoms with Gasteiger partial charge in [-0.2, -0.15) is 0 Å². The van der Waals surface area contributed by atoms with Crippen LogP contribution in [0.25, 0.3) is 0 Å². The summed E-state index contributed by atoms with van der Waals surface area (Å²) in [5, 5.41) is 23.9. The Balaban J connectivity index is 0. The summed E-state index contributed by atoms with van der Waals surface area (Å²) in [7, 11) is 0. The zero-order valence-corrected chi connectivity index (χ0v) is 6.73. The maximum atomic E-state index is 9.68. The van der Waals surface area contributed by atoms with Crippen LogP contribution in [0.15, 0.2) is 12.7 Å². The maximum Gasteiger partial charge on any atom is 0.332 e. The van der Waals surface area contributed by atoms with E-state index >= 15 is 0 Å². The first-order chi connectivity index (χ1) is 5.45. The van der Waals surface area contributed by atoms with Crippen LogP contribution in [-0.4, -0.2) is 33.4 Å². The van der Waals surface area contributed by atoms with E-state index in [1.165, 1.54) is 0 Å². The van der Waals surface area contributed by atoms with Gasteiger partial charge in [-0.05, 0) is 6.42 Å². The average Bonchev–Trinajstić information content (AvgIpc) is 2.04. The summed E-state index contributed by atoms with van der Waals surface area (Å²) in [6.45, 7) is 4.57. The van der Waals surface area contributed by atoms with E-state index in [9.17, 15) is 9.59 Å². The second kappa shape index (κ2) is 7.74. The molecular formula is C7H12O5. The molecule has 0 saturated heterocycles. The molecule has 0 aliphatic rings. The molecule has 1 atom stereocenters. The van der Waals surface area contributed by atoms with Crippen LogP contribution >= 0.6 is 0 Å². The molecule has 0 radical (unpaired) electrons. The normalized spacial score (nSPS) is 10.5. The highest BCUT2D eigenvalue weighted by Gasteiger charge is 2.07. The summed E-state index contributed by atoms with van der Waals surface area (Å²) in [5.74, 6) is -2.13. The van der Waals surface area contributed by atoms with Gasteiger partial charge < -0.3 is 15.3 Å². The Labute approximate surface area is 70.0 Å². The summed E-state index contributed by atoms with van der Waals surface area (Å²) in [5.41, 5.74) is 0. The molecule has 1 unspecified atom stereocenters. The second-order valence-electron chi connectivity index (χ2n) is 1.80. The highest BCUT2D eigenvalue weighted by atomic mass is 16.4. The van der Waals surface area contributed by atoms with E-state index in [1.54, 1.807) is 6.92 Å². The van der Waals surface area contributed by atoms with Crippen molar-refractivity contribution in [2.24, 2.45) is 0 Å². The van der Waals surface area contributed by atoms with Gasteiger partial charge in [0, 0.05) is 6.08 Å². The van der Waals surface area contributed by atoms with Crippen LogP contribution < -0.4 is 0 Å². The zero-order chi connectivity index (χ0) is 10.1. The summed E-state index contributed by atoms with van der Waals surface area (Å²) in [6.07, 6.45) is -0.0741. The molecule has 12 heavy (non-hydrogen) atoms. The van der Waals surface area contributed by atoms with Crippen molar-refractivity contribution in [2.75, 3.05) is 0 Å². The van der Waals surface area contributed by atoms with Crippen LogP contribution in [0.4, 0.5) is 0 Å². The van der Waals surface area contributed by atoms with Crippen LogP contribution in [0.2, 0.25) is 0 Å². The third-order valence-corrected chi connectivity index (χ3v) is 0.846. The van der Waals surface area contributed by atoms with Crippen LogP contribution in [0.5, 0.6) is 0 Å². The van der Waals surface area contributed by atoms with E-state index < -0.39 is 18.0 Å². The molecule has 0 aliphatic heterocycles. The monoisotopic (exact) mass is 176 g/mol. The fraction of sp³-hybridized carbons (Fsp3) is 0.429. The molecular weight excluding hydrogens is 164 g/mol. The molecule has 5 heteroatoms. The molecule has 0 aromatic heterocycles. The van der Waals surface area contributed by atoms with Crippen LogP contribution in [0.3, 0.4) is 0 Å². The number of hydrogen-bond acceptors (Lipinski definition) is 3. The van der Waals surface area contributed by atoms with E-state index in [0.29, 0.717) is 0 Å². The van der Waals surface area contributed by atoms with E-state index in [2.05, 4.69) is 6.58 Å². The number of aliphatic hydroxyl groups is 1. The van der Waals surface area contributed by atoms with Crippen molar-refractivity contribution in [2.45, 2.75) is 19.4 Å². The third-order valence-electron chi connectivity index (χ3n) is 0.846. The molecule has 70 valence electrons. The molecule has 3 N–H and O–H groups in total. The average molecular weight is 176 g/mol. The van der Waals surface area contributed by atoms with Crippen molar-refractivity contribution in [1.29, 1.82) is 0 Å². The predicted molar refractivity (Wildman–Crippen MR) is 41.8 cm³/mol. The van der Waals surface area contributed by atoms with E-state index in [4.69, 9.17) is 15.3 Å². The van der Waals surface area contributed by atoms with Crippen LogP contribution in [0, 0.1) is 0 Å². The molecule has 0 bridgehead atoms. The summed E-state index contributed by atoms with van der Waals surface area (Å²) >= 11 is 0. The lowest BCUT2D eigenvalue weighted by Gasteiger charge is -1.95. The Morgan fingerprint density at radius 2 is 1.83 bits per heavy atom. The van der Waals surface area contributed by atoms with Crippen molar-refractivity contribution in [3.05, 3.63) is 12.7 Å². The first-order valence-corrected chi connectivity index (χ1v) is 3.21. The Bertz CT molecular complexity index is 163. The lowest BCUT2D eigenvalue weighted by Crippen LogP contribution is -2.17. The van der Waals surface area contributed by atoms with Gasteiger partial charge in [-0.3, -0.25) is 0 Å². The highest BCUT2D eigenvalue weighted by molar-refractivity contribution is 5.78. The zero-order valence-electron chi connectivity index (χ0n) is 6.73. The lowest BCUT2D eigenvalue weighted by molar-refractivity contribution is -0.146. The molecule has 0 rings (SSSR count). The molecule has 0 heterocycles.